The number of ether oxygens (including phenoxy) is 2. The van der Waals surface area contributed by atoms with Crippen LogP contribution in [-0.2, 0) is 9.47 Å². The van der Waals surface area contributed by atoms with Crippen molar-refractivity contribution in [3.8, 4) is 0 Å². The Hall–Kier alpha value is -0.810. The zero-order valence-electron chi connectivity index (χ0n) is 13.6. The van der Waals surface area contributed by atoms with E-state index < -0.39 is 5.60 Å². The van der Waals surface area contributed by atoms with Gasteiger partial charge >= 0.3 is 6.09 Å². The molecule has 1 aliphatic rings. The van der Waals surface area contributed by atoms with Gasteiger partial charge in [0.15, 0.2) is 0 Å². The summed E-state index contributed by atoms with van der Waals surface area (Å²) in [4.78, 5) is 13.8. The lowest BCUT2D eigenvalue weighted by atomic mass is 9.90. The monoisotopic (exact) mass is 286 g/mol. The first-order chi connectivity index (χ1) is 9.33. The van der Waals surface area contributed by atoms with Crippen LogP contribution in [-0.4, -0.2) is 56.0 Å². The van der Waals surface area contributed by atoms with Gasteiger partial charge in [-0.2, -0.15) is 0 Å². The number of hydrogen-bond donors (Lipinski definition) is 1. The Morgan fingerprint density at radius 1 is 1.25 bits per heavy atom. The van der Waals surface area contributed by atoms with Crippen LogP contribution in [0.15, 0.2) is 0 Å². The first-order valence-corrected chi connectivity index (χ1v) is 7.51. The Bertz CT molecular complexity index is 294. The minimum atomic E-state index is -0.426. The number of amides is 1. The van der Waals surface area contributed by atoms with Gasteiger partial charge in [-0.15, -0.1) is 0 Å². The van der Waals surface area contributed by atoms with Gasteiger partial charge in [0.2, 0.25) is 0 Å². The van der Waals surface area contributed by atoms with Crippen molar-refractivity contribution in [2.45, 2.75) is 64.1 Å². The largest absolute Gasteiger partial charge is 0.444 e. The number of nitrogens with zero attached hydrogens (tertiary/aromatic N) is 1. The van der Waals surface area contributed by atoms with E-state index in [4.69, 9.17) is 9.47 Å². The lowest BCUT2D eigenvalue weighted by Gasteiger charge is -2.35. The molecule has 1 fully saturated rings. The Morgan fingerprint density at radius 2 is 1.85 bits per heavy atom. The molecule has 0 aromatic heterocycles. The smallest absolute Gasteiger partial charge is 0.410 e. The minimum absolute atomic E-state index is 0.215. The minimum Gasteiger partial charge on any atom is -0.444 e. The third kappa shape index (κ3) is 6.09. The Morgan fingerprint density at radius 3 is 2.35 bits per heavy atom. The molecule has 5 nitrogen and oxygen atoms in total. The molecule has 0 heterocycles. The summed E-state index contributed by atoms with van der Waals surface area (Å²) in [6.45, 7) is 7.34. The van der Waals surface area contributed by atoms with E-state index in [9.17, 15) is 4.79 Å². The predicted molar refractivity (Wildman–Crippen MR) is 79.9 cm³/mol. The van der Waals surface area contributed by atoms with Gasteiger partial charge < -0.3 is 19.7 Å². The molecule has 1 N–H and O–H groups in total. The second kappa shape index (κ2) is 7.84. The summed E-state index contributed by atoms with van der Waals surface area (Å²) in [5.41, 5.74) is -0.426. The number of rotatable bonds is 5. The first kappa shape index (κ1) is 17.2. The molecule has 0 saturated heterocycles. The highest BCUT2D eigenvalue weighted by atomic mass is 16.6. The maximum Gasteiger partial charge on any atom is 0.410 e. The molecule has 1 rings (SSSR count). The highest BCUT2D eigenvalue weighted by Crippen LogP contribution is 2.23. The second-order valence-corrected chi connectivity index (χ2v) is 6.54. The summed E-state index contributed by atoms with van der Waals surface area (Å²) in [7, 11) is 3.56. The fourth-order valence-electron chi connectivity index (χ4n) is 2.52. The summed E-state index contributed by atoms with van der Waals surface area (Å²) in [6.07, 6.45) is 4.04. The zero-order valence-corrected chi connectivity index (χ0v) is 13.6. The fourth-order valence-corrected chi connectivity index (χ4v) is 2.52. The normalized spacial score (nSPS) is 23.4. The van der Waals surface area contributed by atoms with Crippen LogP contribution in [0.2, 0.25) is 0 Å². The van der Waals surface area contributed by atoms with Crippen LogP contribution >= 0.6 is 0 Å². The van der Waals surface area contributed by atoms with E-state index in [1.807, 2.05) is 27.8 Å². The molecule has 0 spiro atoms. The molecule has 1 amide bonds. The number of hydrogen-bond acceptors (Lipinski definition) is 4. The van der Waals surface area contributed by atoms with E-state index in [1.165, 1.54) is 0 Å². The standard InChI is InChI=1S/C15H30N2O3/c1-15(2,3)20-14(18)17(4)13-8-6-12(7-9-13)16-10-11-19-5/h12-13,16H,6-11H2,1-5H3. The summed E-state index contributed by atoms with van der Waals surface area (Å²) in [5, 5.41) is 3.49. The molecule has 118 valence electrons. The Kier molecular flexibility index (Phi) is 6.76. The molecular weight excluding hydrogens is 256 g/mol. The molecule has 5 heteroatoms. The van der Waals surface area contributed by atoms with Crippen molar-refractivity contribution in [1.82, 2.24) is 10.2 Å². The van der Waals surface area contributed by atoms with E-state index in [2.05, 4.69) is 5.32 Å². The summed E-state index contributed by atoms with van der Waals surface area (Å²) < 4.78 is 10.5. The van der Waals surface area contributed by atoms with Crippen LogP contribution in [0.25, 0.3) is 0 Å². The lowest BCUT2D eigenvalue weighted by molar-refractivity contribution is 0.0179. The van der Waals surface area contributed by atoms with Gasteiger partial charge in [0.25, 0.3) is 0 Å². The van der Waals surface area contributed by atoms with Crippen LogP contribution in [0.1, 0.15) is 46.5 Å². The molecular formula is C15H30N2O3. The van der Waals surface area contributed by atoms with Crippen LogP contribution in [0, 0.1) is 0 Å². The summed E-state index contributed by atoms with van der Waals surface area (Å²) in [6, 6.07) is 0.846. The van der Waals surface area contributed by atoms with E-state index >= 15 is 0 Å². The molecule has 1 aliphatic carbocycles. The van der Waals surface area contributed by atoms with E-state index in [0.717, 1.165) is 38.8 Å². The zero-order chi connectivity index (χ0) is 15.2. The molecule has 20 heavy (non-hydrogen) atoms. The third-order valence-electron chi connectivity index (χ3n) is 3.67. The van der Waals surface area contributed by atoms with Crippen molar-refractivity contribution in [2.75, 3.05) is 27.3 Å². The molecule has 0 aliphatic heterocycles. The van der Waals surface area contributed by atoms with Gasteiger partial charge in [-0.1, -0.05) is 0 Å². The van der Waals surface area contributed by atoms with Crippen LogP contribution in [0.3, 0.4) is 0 Å². The molecule has 0 unspecified atom stereocenters. The van der Waals surface area contributed by atoms with Crippen LogP contribution in [0.5, 0.6) is 0 Å². The van der Waals surface area contributed by atoms with Crippen molar-refractivity contribution in [3.05, 3.63) is 0 Å². The maximum absolute atomic E-state index is 12.0. The van der Waals surface area contributed by atoms with Gasteiger partial charge in [-0.25, -0.2) is 4.79 Å². The van der Waals surface area contributed by atoms with Gasteiger partial charge in [0.05, 0.1) is 6.61 Å². The Labute approximate surface area is 123 Å². The van der Waals surface area contributed by atoms with Gasteiger partial charge in [0.1, 0.15) is 5.60 Å². The molecule has 0 aromatic carbocycles. The van der Waals surface area contributed by atoms with Crippen LogP contribution in [0.4, 0.5) is 4.79 Å². The van der Waals surface area contributed by atoms with Crippen molar-refractivity contribution in [2.24, 2.45) is 0 Å². The van der Waals surface area contributed by atoms with Crippen molar-refractivity contribution >= 4 is 6.09 Å². The molecule has 0 bridgehead atoms. The number of nitrogens with one attached hydrogen (secondary N) is 1. The molecule has 0 aromatic rings. The predicted octanol–water partition coefficient (Wildman–Crippen LogP) is 2.40. The average Bonchev–Trinajstić information content (AvgIpc) is 2.37. The van der Waals surface area contributed by atoms with Gasteiger partial charge in [-0.05, 0) is 46.5 Å². The summed E-state index contributed by atoms with van der Waals surface area (Å²) in [5.74, 6) is 0. The topological polar surface area (TPSA) is 50.8 Å². The van der Waals surface area contributed by atoms with Gasteiger partial charge in [0, 0.05) is 32.8 Å². The van der Waals surface area contributed by atoms with Crippen molar-refractivity contribution in [1.29, 1.82) is 0 Å². The molecule has 0 atom stereocenters. The second-order valence-electron chi connectivity index (χ2n) is 6.54. The number of carbonyl (C=O) groups excluding carboxylic acids is 1. The van der Waals surface area contributed by atoms with Gasteiger partial charge in [-0.3, -0.25) is 0 Å². The highest BCUT2D eigenvalue weighted by Gasteiger charge is 2.28. The van der Waals surface area contributed by atoms with Crippen molar-refractivity contribution in [3.63, 3.8) is 0 Å². The molecule has 1 saturated carbocycles. The molecule has 0 radical (unpaired) electrons. The number of methoxy groups -OCH3 is 1. The lowest BCUT2D eigenvalue weighted by Crippen LogP contribution is -2.45. The first-order valence-electron chi connectivity index (χ1n) is 7.51. The SMILES string of the molecule is COCCNC1CCC(N(C)C(=O)OC(C)(C)C)CC1. The van der Waals surface area contributed by atoms with E-state index in [1.54, 1.807) is 12.0 Å². The quantitative estimate of drug-likeness (QED) is 0.789. The third-order valence-corrected chi connectivity index (χ3v) is 3.67. The Balaban J connectivity index is 2.31. The number of carbonyl (C=O) groups is 1. The van der Waals surface area contributed by atoms with E-state index in [-0.39, 0.29) is 6.09 Å². The maximum atomic E-state index is 12.0. The highest BCUT2D eigenvalue weighted by molar-refractivity contribution is 5.68. The summed E-state index contributed by atoms with van der Waals surface area (Å²) >= 11 is 0. The van der Waals surface area contributed by atoms with Crippen molar-refractivity contribution < 1.29 is 14.3 Å². The average molecular weight is 286 g/mol. The van der Waals surface area contributed by atoms with E-state index in [0.29, 0.717) is 12.1 Å². The fraction of sp³-hybridized carbons (Fsp3) is 0.933. The van der Waals surface area contributed by atoms with Crippen LogP contribution < -0.4 is 5.32 Å².